The Bertz CT molecular complexity index is 170. The van der Waals surface area contributed by atoms with Crippen LogP contribution in [0.3, 0.4) is 0 Å². The Morgan fingerprint density at radius 1 is 1.33 bits per heavy atom. The zero-order valence-corrected chi connectivity index (χ0v) is 10.9. The van der Waals surface area contributed by atoms with Crippen LogP contribution in [0.25, 0.3) is 0 Å². The van der Waals surface area contributed by atoms with Gasteiger partial charge in [0.15, 0.2) is 0 Å². The van der Waals surface area contributed by atoms with E-state index < -0.39 is 0 Å². The highest BCUT2D eigenvalue weighted by molar-refractivity contribution is 4.81. The molecule has 0 radical (unpaired) electrons. The van der Waals surface area contributed by atoms with Gasteiger partial charge in [-0.05, 0) is 38.8 Å². The van der Waals surface area contributed by atoms with Crippen molar-refractivity contribution in [1.82, 2.24) is 10.2 Å². The Kier molecular flexibility index (Phi) is 5.62. The van der Waals surface area contributed by atoms with E-state index in [1.807, 2.05) is 0 Å². The van der Waals surface area contributed by atoms with Gasteiger partial charge in [-0.2, -0.15) is 0 Å². The van der Waals surface area contributed by atoms with Crippen molar-refractivity contribution >= 4 is 0 Å². The summed E-state index contributed by atoms with van der Waals surface area (Å²) in [5, 5.41) is 3.70. The molecule has 0 unspecified atom stereocenters. The number of hydrogen-bond donors (Lipinski definition) is 1. The van der Waals surface area contributed by atoms with Crippen LogP contribution >= 0.6 is 0 Å². The molecule has 0 spiro atoms. The number of nitrogens with one attached hydrogen (secondary N) is 1. The number of likely N-dealkylation sites (tertiary alicyclic amines) is 1. The van der Waals surface area contributed by atoms with E-state index >= 15 is 0 Å². The summed E-state index contributed by atoms with van der Waals surface area (Å²) in [7, 11) is 0. The van der Waals surface area contributed by atoms with Crippen LogP contribution in [0.1, 0.15) is 47.0 Å². The van der Waals surface area contributed by atoms with E-state index in [1.165, 1.54) is 38.9 Å². The molecule has 1 rings (SSSR count). The van der Waals surface area contributed by atoms with E-state index in [9.17, 15) is 0 Å². The van der Waals surface area contributed by atoms with Gasteiger partial charge in [0, 0.05) is 18.6 Å². The minimum atomic E-state index is 0.661. The third kappa shape index (κ3) is 3.76. The maximum absolute atomic E-state index is 3.70. The van der Waals surface area contributed by atoms with E-state index in [0.717, 1.165) is 12.0 Å². The van der Waals surface area contributed by atoms with Gasteiger partial charge in [0.2, 0.25) is 0 Å². The third-order valence-corrected chi connectivity index (χ3v) is 4.08. The molecule has 0 amide bonds. The zero-order valence-electron chi connectivity index (χ0n) is 10.9. The molecule has 1 heterocycles. The molecule has 3 atom stereocenters. The molecule has 0 aliphatic carbocycles. The van der Waals surface area contributed by atoms with E-state index in [2.05, 4.69) is 37.9 Å². The molecule has 15 heavy (non-hydrogen) atoms. The Labute approximate surface area is 95.4 Å². The molecule has 2 nitrogen and oxygen atoms in total. The Hall–Kier alpha value is -0.0800. The number of nitrogens with zero attached hydrogens (tertiary/aromatic N) is 1. The van der Waals surface area contributed by atoms with Crippen LogP contribution in [0, 0.1) is 5.92 Å². The maximum Gasteiger partial charge on any atom is 0.0221 e. The molecule has 0 bridgehead atoms. The monoisotopic (exact) mass is 212 g/mol. The molecule has 1 saturated heterocycles. The fraction of sp³-hybridized carbons (Fsp3) is 1.00. The van der Waals surface area contributed by atoms with Gasteiger partial charge in [0.25, 0.3) is 0 Å². The zero-order chi connectivity index (χ0) is 11.3. The van der Waals surface area contributed by atoms with Crippen LogP contribution < -0.4 is 5.32 Å². The smallest absolute Gasteiger partial charge is 0.0221 e. The first-order chi connectivity index (χ1) is 7.19. The lowest BCUT2D eigenvalue weighted by molar-refractivity contribution is 0.246. The largest absolute Gasteiger partial charge is 0.312 e. The van der Waals surface area contributed by atoms with Gasteiger partial charge in [0.1, 0.15) is 0 Å². The van der Waals surface area contributed by atoms with Gasteiger partial charge in [-0.25, -0.2) is 0 Å². The Morgan fingerprint density at radius 3 is 2.67 bits per heavy atom. The minimum Gasteiger partial charge on any atom is -0.312 e. The molecule has 0 aromatic rings. The lowest BCUT2D eigenvalue weighted by atomic mass is 10.0. The van der Waals surface area contributed by atoms with Crippen molar-refractivity contribution in [3.8, 4) is 0 Å². The SMILES string of the molecule is CC[C@H](C)[C@H](C)NC[C@H]1CCCN1CC. The van der Waals surface area contributed by atoms with Gasteiger partial charge < -0.3 is 5.32 Å². The summed E-state index contributed by atoms with van der Waals surface area (Å²) in [5.41, 5.74) is 0. The first-order valence-corrected chi connectivity index (χ1v) is 6.66. The van der Waals surface area contributed by atoms with Crippen molar-refractivity contribution in [3.05, 3.63) is 0 Å². The highest BCUT2D eigenvalue weighted by Crippen LogP contribution is 2.16. The van der Waals surface area contributed by atoms with Gasteiger partial charge >= 0.3 is 0 Å². The van der Waals surface area contributed by atoms with Gasteiger partial charge in [-0.15, -0.1) is 0 Å². The molecule has 0 aromatic heterocycles. The summed E-state index contributed by atoms with van der Waals surface area (Å²) in [6.45, 7) is 12.9. The quantitative estimate of drug-likeness (QED) is 0.728. The summed E-state index contributed by atoms with van der Waals surface area (Å²) in [4.78, 5) is 2.61. The van der Waals surface area contributed by atoms with Crippen LogP contribution in [0.4, 0.5) is 0 Å². The molecule has 90 valence electrons. The predicted octanol–water partition coefficient (Wildman–Crippen LogP) is 2.49. The summed E-state index contributed by atoms with van der Waals surface area (Å²) >= 11 is 0. The van der Waals surface area contributed by atoms with Crippen molar-refractivity contribution in [1.29, 1.82) is 0 Å². The molecule has 0 saturated carbocycles. The molecule has 1 aliphatic heterocycles. The second-order valence-electron chi connectivity index (χ2n) is 5.01. The number of likely N-dealkylation sites (N-methyl/N-ethyl adjacent to an activating group) is 1. The Balaban J connectivity index is 2.24. The normalized spacial score (nSPS) is 26.8. The van der Waals surface area contributed by atoms with Crippen LogP contribution in [0.5, 0.6) is 0 Å². The number of hydrogen-bond acceptors (Lipinski definition) is 2. The average Bonchev–Trinajstić information content (AvgIpc) is 2.71. The minimum absolute atomic E-state index is 0.661. The second kappa shape index (κ2) is 6.49. The molecule has 0 aromatic carbocycles. The van der Waals surface area contributed by atoms with Gasteiger partial charge in [-0.1, -0.05) is 27.2 Å². The van der Waals surface area contributed by atoms with Crippen LogP contribution in [-0.2, 0) is 0 Å². The summed E-state index contributed by atoms with van der Waals surface area (Å²) < 4.78 is 0. The lowest BCUT2D eigenvalue weighted by Gasteiger charge is -2.27. The van der Waals surface area contributed by atoms with Gasteiger partial charge in [0.05, 0.1) is 0 Å². The summed E-state index contributed by atoms with van der Waals surface area (Å²) in [5.74, 6) is 0.793. The van der Waals surface area contributed by atoms with Crippen molar-refractivity contribution in [2.24, 2.45) is 5.92 Å². The predicted molar refractivity (Wildman–Crippen MR) is 67.2 cm³/mol. The van der Waals surface area contributed by atoms with Crippen LogP contribution in [-0.4, -0.2) is 36.6 Å². The second-order valence-corrected chi connectivity index (χ2v) is 5.01. The van der Waals surface area contributed by atoms with E-state index in [1.54, 1.807) is 0 Å². The lowest BCUT2D eigenvalue weighted by Crippen LogP contribution is -2.42. The van der Waals surface area contributed by atoms with Crippen molar-refractivity contribution in [3.63, 3.8) is 0 Å². The first kappa shape index (κ1) is 13.0. The molecule has 2 heteroatoms. The molecular formula is C13H28N2. The molecule has 1 N–H and O–H groups in total. The highest BCUT2D eigenvalue weighted by atomic mass is 15.2. The van der Waals surface area contributed by atoms with Crippen LogP contribution in [0.15, 0.2) is 0 Å². The maximum atomic E-state index is 3.70. The highest BCUT2D eigenvalue weighted by Gasteiger charge is 2.23. The summed E-state index contributed by atoms with van der Waals surface area (Å²) in [6, 6.07) is 1.45. The van der Waals surface area contributed by atoms with Crippen molar-refractivity contribution in [2.45, 2.75) is 59.0 Å². The topological polar surface area (TPSA) is 15.3 Å². The Morgan fingerprint density at radius 2 is 2.07 bits per heavy atom. The molecule has 1 fully saturated rings. The van der Waals surface area contributed by atoms with Crippen LogP contribution in [0.2, 0.25) is 0 Å². The van der Waals surface area contributed by atoms with E-state index in [4.69, 9.17) is 0 Å². The molecule has 1 aliphatic rings. The van der Waals surface area contributed by atoms with Crippen molar-refractivity contribution < 1.29 is 0 Å². The first-order valence-electron chi connectivity index (χ1n) is 6.66. The standard InChI is InChI=1S/C13H28N2/c1-5-11(3)12(4)14-10-13-8-7-9-15(13)6-2/h11-14H,5-10H2,1-4H3/t11-,12-,13+/m0/s1. The van der Waals surface area contributed by atoms with E-state index in [0.29, 0.717) is 6.04 Å². The molecular weight excluding hydrogens is 184 g/mol. The van der Waals surface area contributed by atoms with Crippen molar-refractivity contribution in [2.75, 3.05) is 19.6 Å². The fourth-order valence-electron chi connectivity index (χ4n) is 2.42. The third-order valence-electron chi connectivity index (χ3n) is 4.08. The average molecular weight is 212 g/mol. The summed E-state index contributed by atoms with van der Waals surface area (Å²) in [6.07, 6.45) is 4.04. The number of rotatable bonds is 6. The van der Waals surface area contributed by atoms with E-state index in [-0.39, 0.29) is 0 Å². The fourth-order valence-corrected chi connectivity index (χ4v) is 2.42. The van der Waals surface area contributed by atoms with Gasteiger partial charge in [-0.3, -0.25) is 4.90 Å².